The Kier molecular flexibility index (Phi) is 5.78. The minimum atomic E-state index is -0.0366. The van der Waals surface area contributed by atoms with Crippen molar-refractivity contribution in [3.63, 3.8) is 0 Å². The lowest BCUT2D eigenvalue weighted by Gasteiger charge is -2.11. The van der Waals surface area contributed by atoms with Gasteiger partial charge in [0.1, 0.15) is 11.4 Å². The number of benzene rings is 1. The maximum atomic E-state index is 12.7. The number of fused-ring (bicyclic) bond motifs is 1. The number of para-hydroxylation sites is 1. The molecule has 1 N–H and O–H groups in total. The Morgan fingerprint density at radius 1 is 1.27 bits per heavy atom. The fourth-order valence-electron chi connectivity index (χ4n) is 2.95. The minimum absolute atomic E-state index is 0.0366. The zero-order valence-electron chi connectivity index (χ0n) is 15.4. The molecule has 26 heavy (non-hydrogen) atoms. The van der Waals surface area contributed by atoms with E-state index in [9.17, 15) is 4.79 Å². The summed E-state index contributed by atoms with van der Waals surface area (Å²) in [5.41, 5.74) is 4.16. The first-order chi connectivity index (χ1) is 12.6. The number of methoxy groups -OCH3 is 1. The zero-order valence-corrected chi connectivity index (χ0v) is 16.2. The van der Waals surface area contributed by atoms with E-state index in [1.54, 1.807) is 18.4 Å². The number of rotatable bonds is 7. The number of ether oxygens (including phenoxy) is 1. The Morgan fingerprint density at radius 2 is 2.08 bits per heavy atom. The summed E-state index contributed by atoms with van der Waals surface area (Å²) < 4.78 is 8.59. The van der Waals surface area contributed by atoms with Crippen molar-refractivity contribution >= 4 is 27.5 Å². The first-order valence-electron chi connectivity index (χ1n) is 8.70. The third-order valence-electron chi connectivity index (χ3n) is 4.31. The summed E-state index contributed by atoms with van der Waals surface area (Å²) in [4.78, 5) is 12.7. The van der Waals surface area contributed by atoms with E-state index in [2.05, 4.69) is 41.3 Å². The first kappa shape index (κ1) is 18.3. The van der Waals surface area contributed by atoms with Crippen molar-refractivity contribution in [2.24, 2.45) is 0 Å². The molecule has 5 heteroatoms. The maximum absolute atomic E-state index is 12.7. The summed E-state index contributed by atoms with van der Waals surface area (Å²) in [6.07, 6.45) is 2.88. The van der Waals surface area contributed by atoms with Gasteiger partial charge in [-0.25, -0.2) is 0 Å². The van der Waals surface area contributed by atoms with Crippen LogP contribution in [0.25, 0.3) is 10.2 Å². The number of hydrogen-bond donors (Lipinski definition) is 1. The van der Waals surface area contributed by atoms with Crippen LogP contribution in [0.3, 0.4) is 0 Å². The molecule has 0 fully saturated rings. The van der Waals surface area contributed by atoms with Crippen molar-refractivity contribution in [2.75, 3.05) is 13.7 Å². The van der Waals surface area contributed by atoms with Crippen LogP contribution in [0.5, 0.6) is 5.75 Å². The van der Waals surface area contributed by atoms with E-state index < -0.39 is 0 Å². The van der Waals surface area contributed by atoms with Crippen LogP contribution in [0, 0.1) is 0 Å². The molecule has 0 atom stereocenters. The normalized spacial score (nSPS) is 10.7. The van der Waals surface area contributed by atoms with Crippen molar-refractivity contribution < 1.29 is 9.53 Å². The number of nitrogens with zero attached hydrogens (tertiary/aromatic N) is 1. The molecule has 136 valence electrons. The van der Waals surface area contributed by atoms with Crippen molar-refractivity contribution in [1.82, 2.24) is 9.88 Å². The molecule has 1 aromatic carbocycles. The van der Waals surface area contributed by atoms with E-state index in [1.165, 1.54) is 5.57 Å². The second-order valence-electron chi connectivity index (χ2n) is 6.41. The maximum Gasteiger partial charge on any atom is 0.267 e. The van der Waals surface area contributed by atoms with E-state index in [0.29, 0.717) is 18.8 Å². The predicted octanol–water partition coefficient (Wildman–Crippen LogP) is 4.65. The number of aromatic nitrogens is 1. The quantitative estimate of drug-likeness (QED) is 0.617. The van der Waals surface area contributed by atoms with E-state index in [0.717, 1.165) is 28.0 Å². The van der Waals surface area contributed by atoms with Crippen LogP contribution in [0.4, 0.5) is 0 Å². The molecule has 2 heterocycles. The lowest BCUT2D eigenvalue weighted by Crippen LogP contribution is -2.28. The lowest BCUT2D eigenvalue weighted by molar-refractivity contribution is 0.0945. The second-order valence-corrected chi connectivity index (χ2v) is 7.36. The Bertz CT molecular complexity index is 933. The van der Waals surface area contributed by atoms with Crippen molar-refractivity contribution in [3.8, 4) is 5.75 Å². The molecular weight excluding hydrogens is 344 g/mol. The van der Waals surface area contributed by atoms with Crippen LogP contribution in [-0.4, -0.2) is 24.1 Å². The van der Waals surface area contributed by atoms with E-state index in [-0.39, 0.29) is 5.91 Å². The molecule has 0 radical (unpaired) electrons. The van der Waals surface area contributed by atoms with Gasteiger partial charge in [0.25, 0.3) is 5.91 Å². The van der Waals surface area contributed by atoms with Crippen LogP contribution in [0.15, 0.2) is 53.4 Å². The Morgan fingerprint density at radius 3 is 2.85 bits per heavy atom. The Balaban J connectivity index is 1.72. The van der Waals surface area contributed by atoms with Gasteiger partial charge in [-0.3, -0.25) is 4.79 Å². The highest BCUT2D eigenvalue weighted by Gasteiger charge is 2.15. The van der Waals surface area contributed by atoms with Crippen molar-refractivity contribution in [2.45, 2.75) is 26.8 Å². The highest BCUT2D eigenvalue weighted by molar-refractivity contribution is 7.17. The Labute approximate surface area is 158 Å². The number of allylic oxidation sites excluding steroid dienone is 2. The van der Waals surface area contributed by atoms with Crippen molar-refractivity contribution in [1.29, 1.82) is 0 Å². The molecule has 0 saturated carbocycles. The van der Waals surface area contributed by atoms with Crippen LogP contribution in [0.2, 0.25) is 0 Å². The van der Waals surface area contributed by atoms with Gasteiger partial charge in [0.2, 0.25) is 0 Å². The average molecular weight is 369 g/mol. The summed E-state index contributed by atoms with van der Waals surface area (Å²) in [6, 6.07) is 12.0. The molecule has 0 saturated heterocycles. The number of amides is 1. The van der Waals surface area contributed by atoms with Crippen LogP contribution >= 0.6 is 11.3 Å². The molecule has 0 unspecified atom stereocenters. The van der Waals surface area contributed by atoms with E-state index in [4.69, 9.17) is 4.74 Å². The fourth-order valence-corrected chi connectivity index (χ4v) is 3.77. The van der Waals surface area contributed by atoms with Crippen LogP contribution in [-0.2, 0) is 13.0 Å². The number of thiophene rings is 1. The topological polar surface area (TPSA) is 43.3 Å². The first-order valence-corrected chi connectivity index (χ1v) is 9.58. The summed E-state index contributed by atoms with van der Waals surface area (Å²) in [5.74, 6) is 0.819. The summed E-state index contributed by atoms with van der Waals surface area (Å²) in [7, 11) is 1.67. The second kappa shape index (κ2) is 8.23. The zero-order chi connectivity index (χ0) is 18.5. The summed E-state index contributed by atoms with van der Waals surface area (Å²) in [5, 5.41) is 5.11. The molecule has 0 aliphatic rings. The van der Waals surface area contributed by atoms with Gasteiger partial charge in [-0.1, -0.05) is 29.8 Å². The van der Waals surface area contributed by atoms with Gasteiger partial charge in [-0.2, -0.15) is 0 Å². The molecule has 4 nitrogen and oxygen atoms in total. The molecule has 3 aromatic rings. The van der Waals surface area contributed by atoms with Crippen LogP contribution < -0.4 is 10.1 Å². The van der Waals surface area contributed by atoms with Crippen molar-refractivity contribution in [3.05, 3.63) is 64.7 Å². The molecule has 3 rings (SSSR count). The summed E-state index contributed by atoms with van der Waals surface area (Å²) >= 11 is 1.66. The molecule has 0 aliphatic heterocycles. The molecule has 0 aliphatic carbocycles. The van der Waals surface area contributed by atoms with Gasteiger partial charge in [0, 0.05) is 13.1 Å². The fraction of sp³-hybridized carbons (Fsp3) is 0.286. The third kappa shape index (κ3) is 3.99. The van der Waals surface area contributed by atoms with Gasteiger partial charge in [0.05, 0.1) is 17.3 Å². The largest absolute Gasteiger partial charge is 0.496 e. The van der Waals surface area contributed by atoms with E-state index >= 15 is 0 Å². The number of carbonyl (C=O) groups excluding carboxylic acids is 1. The third-order valence-corrected chi connectivity index (χ3v) is 5.16. The average Bonchev–Trinajstić information content (AvgIpc) is 3.21. The molecular formula is C21H24N2O2S. The highest BCUT2D eigenvalue weighted by Crippen LogP contribution is 2.25. The van der Waals surface area contributed by atoms with Gasteiger partial charge in [-0.15, -0.1) is 11.3 Å². The Hall–Kier alpha value is -2.53. The van der Waals surface area contributed by atoms with Gasteiger partial charge < -0.3 is 14.6 Å². The predicted molar refractivity (Wildman–Crippen MR) is 108 cm³/mol. The van der Waals surface area contributed by atoms with E-state index in [1.807, 2.05) is 30.3 Å². The molecule has 2 aromatic heterocycles. The highest BCUT2D eigenvalue weighted by atomic mass is 32.1. The lowest BCUT2D eigenvalue weighted by atomic mass is 10.1. The van der Waals surface area contributed by atoms with Crippen LogP contribution in [0.1, 0.15) is 29.9 Å². The van der Waals surface area contributed by atoms with Gasteiger partial charge in [-0.05, 0) is 49.4 Å². The molecule has 0 bridgehead atoms. The molecule has 0 spiro atoms. The summed E-state index contributed by atoms with van der Waals surface area (Å²) in [6.45, 7) is 5.42. The minimum Gasteiger partial charge on any atom is -0.496 e. The number of nitrogens with one attached hydrogen (secondary N) is 1. The standard InChI is InChI=1S/C21H24N2O2S/c1-15(2)9-12-23-17-10-13-26-20(17)14-18(23)21(24)22-11-8-16-6-4-5-7-19(16)25-3/h4-7,9-10,13-14H,8,11-12H2,1-3H3,(H,22,24). The van der Waals surface area contributed by atoms with Gasteiger partial charge >= 0.3 is 0 Å². The SMILES string of the molecule is COc1ccccc1CCNC(=O)c1cc2sccc2n1CC=C(C)C. The monoisotopic (exact) mass is 368 g/mol. The molecule has 1 amide bonds. The van der Waals surface area contributed by atoms with Gasteiger partial charge in [0.15, 0.2) is 0 Å². The smallest absolute Gasteiger partial charge is 0.267 e. The number of carbonyl (C=O) groups is 1. The number of hydrogen-bond acceptors (Lipinski definition) is 3.